The van der Waals surface area contributed by atoms with Gasteiger partial charge in [0.15, 0.2) is 0 Å². The molecule has 0 amide bonds. The van der Waals surface area contributed by atoms with Crippen LogP contribution >= 0.6 is 0 Å². The second-order valence-corrected chi connectivity index (χ2v) is 2.83. The number of hydrogen-bond donors (Lipinski definition) is 2. The molecule has 3 N–H and O–H groups in total. The Hall–Kier alpha value is -1.39. The van der Waals surface area contributed by atoms with Crippen molar-refractivity contribution in [3.05, 3.63) is 35.9 Å². The molecule has 0 atom stereocenters. The number of nitrogens with two attached hydrogens (primary N) is 1. The van der Waals surface area contributed by atoms with Crippen molar-refractivity contribution >= 4 is 5.97 Å². The van der Waals surface area contributed by atoms with Crippen molar-refractivity contribution in [2.45, 2.75) is 26.7 Å². The maximum Gasteiger partial charge on any atom is 0.303 e. The van der Waals surface area contributed by atoms with E-state index in [-0.39, 0.29) is 6.42 Å². The van der Waals surface area contributed by atoms with E-state index < -0.39 is 5.97 Å². The minimum Gasteiger partial charge on any atom is -0.481 e. The van der Waals surface area contributed by atoms with E-state index in [1.807, 2.05) is 44.2 Å². The summed E-state index contributed by atoms with van der Waals surface area (Å²) in [6.45, 7) is 4.32. The van der Waals surface area contributed by atoms with Gasteiger partial charge in [0.25, 0.3) is 0 Å². The zero-order valence-corrected chi connectivity index (χ0v) is 10.8. The summed E-state index contributed by atoms with van der Waals surface area (Å²) in [5.74, 6) is -0.742. The molecule has 4 heteroatoms. The number of ether oxygens (including phenoxy) is 1. The van der Waals surface area contributed by atoms with Crippen LogP contribution < -0.4 is 5.73 Å². The summed E-state index contributed by atoms with van der Waals surface area (Å²) in [6, 6.07) is 9.62. The molecule has 0 heterocycles. The van der Waals surface area contributed by atoms with Gasteiger partial charge in [0.2, 0.25) is 0 Å². The van der Waals surface area contributed by atoms with Gasteiger partial charge in [-0.1, -0.05) is 44.2 Å². The van der Waals surface area contributed by atoms with Crippen molar-refractivity contribution in [3.63, 3.8) is 0 Å². The van der Waals surface area contributed by atoms with Gasteiger partial charge in [-0.3, -0.25) is 4.79 Å². The lowest BCUT2D eigenvalue weighted by Crippen LogP contribution is -1.98. The molecule has 0 fully saturated rings. The molecular formula is C13H23NO3. The number of benzene rings is 1. The van der Waals surface area contributed by atoms with Crippen LogP contribution in [0.3, 0.4) is 0 Å². The van der Waals surface area contributed by atoms with Gasteiger partial charge in [-0.15, -0.1) is 0 Å². The van der Waals surface area contributed by atoms with Crippen LogP contribution in [0.25, 0.3) is 0 Å². The van der Waals surface area contributed by atoms with E-state index in [2.05, 4.69) is 4.74 Å². The van der Waals surface area contributed by atoms with Gasteiger partial charge in [0, 0.05) is 13.5 Å². The predicted molar refractivity (Wildman–Crippen MR) is 69.8 cm³/mol. The highest BCUT2D eigenvalue weighted by Crippen LogP contribution is 2.01. The smallest absolute Gasteiger partial charge is 0.303 e. The van der Waals surface area contributed by atoms with Gasteiger partial charge in [-0.05, 0) is 12.0 Å². The van der Waals surface area contributed by atoms with E-state index in [9.17, 15) is 4.79 Å². The topological polar surface area (TPSA) is 72.5 Å². The maximum atomic E-state index is 10.2. The van der Waals surface area contributed by atoms with Crippen molar-refractivity contribution in [3.8, 4) is 0 Å². The molecule has 0 bridgehead atoms. The first-order valence-electron chi connectivity index (χ1n) is 5.65. The quantitative estimate of drug-likeness (QED) is 0.793. The summed E-state index contributed by atoms with van der Waals surface area (Å²) >= 11 is 0. The predicted octanol–water partition coefficient (Wildman–Crippen LogP) is 2.28. The molecule has 0 aliphatic carbocycles. The number of rotatable bonds is 4. The molecule has 1 aromatic rings. The minimum atomic E-state index is -0.742. The third kappa shape index (κ3) is 14.6. The summed E-state index contributed by atoms with van der Waals surface area (Å²) in [6.07, 6.45) is 0.834. The van der Waals surface area contributed by atoms with Crippen LogP contribution in [-0.2, 0) is 16.0 Å². The Balaban J connectivity index is 0. The summed E-state index contributed by atoms with van der Waals surface area (Å²) in [5, 5.41) is 8.37. The third-order valence-corrected chi connectivity index (χ3v) is 1.64. The summed E-state index contributed by atoms with van der Waals surface area (Å²) in [5.41, 5.74) is 5.88. The number of carboxylic acids is 1. The van der Waals surface area contributed by atoms with E-state index in [1.54, 1.807) is 7.11 Å². The molecule has 17 heavy (non-hydrogen) atoms. The number of aryl methyl sites for hydroxylation is 1. The Kier molecular flexibility index (Phi) is 15.5. The van der Waals surface area contributed by atoms with Gasteiger partial charge >= 0.3 is 5.97 Å². The molecule has 0 saturated carbocycles. The molecule has 1 rings (SSSR count). The molecule has 0 spiro atoms. The molecule has 1 aromatic carbocycles. The monoisotopic (exact) mass is 241 g/mol. The average molecular weight is 241 g/mol. The maximum absolute atomic E-state index is 10.2. The first-order valence-corrected chi connectivity index (χ1v) is 5.65. The molecule has 98 valence electrons. The van der Waals surface area contributed by atoms with Crippen LogP contribution in [0.1, 0.15) is 25.8 Å². The fourth-order valence-electron chi connectivity index (χ4n) is 0.896. The number of methoxy groups -OCH3 is 1. The fraction of sp³-hybridized carbons (Fsp3) is 0.462. The van der Waals surface area contributed by atoms with Crippen LogP contribution in [0, 0.1) is 0 Å². The van der Waals surface area contributed by atoms with Gasteiger partial charge in [0.05, 0.1) is 6.73 Å². The highest BCUT2D eigenvalue weighted by molar-refractivity contribution is 5.67. The van der Waals surface area contributed by atoms with Crippen LogP contribution in [0.2, 0.25) is 0 Å². The molecule has 0 unspecified atom stereocenters. The minimum absolute atomic E-state index is 0.212. The second-order valence-electron chi connectivity index (χ2n) is 2.83. The SMILES string of the molecule is CC.COCN.O=C(O)CCc1ccccc1. The molecule has 0 saturated heterocycles. The largest absolute Gasteiger partial charge is 0.481 e. The lowest BCUT2D eigenvalue weighted by Gasteiger charge is -1.95. The van der Waals surface area contributed by atoms with E-state index in [1.165, 1.54) is 0 Å². The standard InChI is InChI=1S/C9H10O2.C2H7NO.C2H6/c10-9(11)7-6-8-4-2-1-3-5-8;1-4-2-3;1-2/h1-5H,6-7H2,(H,10,11);2-3H2,1H3;1-2H3. The number of carboxylic acid groups (broad SMARTS) is 1. The van der Waals surface area contributed by atoms with E-state index >= 15 is 0 Å². The molecule has 0 radical (unpaired) electrons. The Morgan fingerprint density at radius 1 is 1.29 bits per heavy atom. The van der Waals surface area contributed by atoms with Crippen LogP contribution in [0.5, 0.6) is 0 Å². The Labute approximate surface area is 103 Å². The fourth-order valence-corrected chi connectivity index (χ4v) is 0.896. The van der Waals surface area contributed by atoms with E-state index in [0.717, 1.165) is 5.56 Å². The van der Waals surface area contributed by atoms with Crippen molar-refractivity contribution in [1.29, 1.82) is 0 Å². The highest BCUT2D eigenvalue weighted by Gasteiger charge is 1.96. The summed E-state index contributed by atoms with van der Waals surface area (Å²) in [4.78, 5) is 10.2. The van der Waals surface area contributed by atoms with Gasteiger partial charge in [0.1, 0.15) is 0 Å². The summed E-state index contributed by atoms with van der Waals surface area (Å²) < 4.78 is 4.32. The zero-order valence-electron chi connectivity index (χ0n) is 10.8. The Bertz CT molecular complexity index is 261. The van der Waals surface area contributed by atoms with Crippen molar-refractivity contribution in [2.75, 3.05) is 13.8 Å². The summed E-state index contributed by atoms with van der Waals surface area (Å²) in [7, 11) is 1.56. The molecular weight excluding hydrogens is 218 g/mol. The van der Waals surface area contributed by atoms with Crippen LogP contribution in [0.4, 0.5) is 0 Å². The van der Waals surface area contributed by atoms with Crippen LogP contribution in [-0.4, -0.2) is 24.9 Å². The molecule has 0 aliphatic rings. The second kappa shape index (κ2) is 14.6. The first-order chi connectivity index (χ1) is 8.20. The van der Waals surface area contributed by atoms with E-state index in [0.29, 0.717) is 13.2 Å². The number of hydrogen-bond acceptors (Lipinski definition) is 3. The van der Waals surface area contributed by atoms with E-state index in [4.69, 9.17) is 10.8 Å². The van der Waals surface area contributed by atoms with Crippen LogP contribution in [0.15, 0.2) is 30.3 Å². The average Bonchev–Trinajstić information content (AvgIpc) is 2.40. The normalized spacial score (nSPS) is 8.24. The Morgan fingerprint density at radius 3 is 2.12 bits per heavy atom. The lowest BCUT2D eigenvalue weighted by molar-refractivity contribution is -0.136. The van der Waals surface area contributed by atoms with Gasteiger partial charge in [-0.25, -0.2) is 0 Å². The van der Waals surface area contributed by atoms with Gasteiger partial charge in [-0.2, -0.15) is 0 Å². The third-order valence-electron chi connectivity index (χ3n) is 1.64. The van der Waals surface area contributed by atoms with Gasteiger partial charge < -0.3 is 15.6 Å². The number of aliphatic carboxylic acids is 1. The first kappa shape index (κ1) is 18.0. The number of carbonyl (C=O) groups is 1. The van der Waals surface area contributed by atoms with Crippen molar-refractivity contribution in [1.82, 2.24) is 0 Å². The highest BCUT2D eigenvalue weighted by atomic mass is 16.5. The van der Waals surface area contributed by atoms with Crippen molar-refractivity contribution in [2.24, 2.45) is 5.73 Å². The molecule has 4 nitrogen and oxygen atoms in total. The molecule has 0 aliphatic heterocycles. The Morgan fingerprint density at radius 2 is 1.76 bits per heavy atom. The zero-order chi connectivity index (χ0) is 13.5. The lowest BCUT2D eigenvalue weighted by atomic mass is 10.1. The molecule has 0 aromatic heterocycles. The van der Waals surface area contributed by atoms with Crippen molar-refractivity contribution < 1.29 is 14.6 Å².